The van der Waals surface area contributed by atoms with Crippen LogP contribution in [-0.4, -0.2) is 9.38 Å². The number of pyridine rings is 1. The van der Waals surface area contributed by atoms with Crippen LogP contribution < -0.4 is 0 Å². The van der Waals surface area contributed by atoms with E-state index in [1.54, 1.807) is 6.07 Å². The number of hydrogen-bond donors (Lipinski definition) is 0. The maximum absolute atomic E-state index is 13.3. The van der Waals surface area contributed by atoms with Crippen LogP contribution in [-0.2, 0) is 0 Å². The quantitative estimate of drug-likeness (QED) is 0.640. The molecular formula is C16H15FN2. The lowest BCUT2D eigenvalue weighted by Crippen LogP contribution is -1.94. The number of imidazole rings is 1. The first-order valence-corrected chi connectivity index (χ1v) is 6.28. The molecule has 0 aliphatic rings. The maximum Gasteiger partial charge on any atom is 0.138 e. The molecule has 0 saturated heterocycles. The number of aromatic nitrogens is 2. The normalized spacial score (nSPS) is 11.2. The van der Waals surface area contributed by atoms with E-state index in [2.05, 4.69) is 29.3 Å². The molecule has 0 radical (unpaired) electrons. The summed E-state index contributed by atoms with van der Waals surface area (Å²) in [6, 6.07) is 10.7. The minimum absolute atomic E-state index is 0.234. The molecule has 3 heteroatoms. The largest absolute Gasteiger partial charge is 0.301 e. The summed E-state index contributed by atoms with van der Waals surface area (Å²) in [6.45, 7) is 6.13. The molecule has 0 fully saturated rings. The molecule has 3 aromatic rings. The van der Waals surface area contributed by atoms with E-state index >= 15 is 0 Å². The second-order valence-electron chi connectivity index (χ2n) is 4.92. The van der Waals surface area contributed by atoms with Crippen molar-refractivity contribution in [1.29, 1.82) is 0 Å². The average Bonchev–Trinajstić information content (AvgIpc) is 2.66. The zero-order valence-electron chi connectivity index (χ0n) is 11.2. The molecule has 2 heterocycles. The number of nitrogens with zero attached hydrogens (tertiary/aromatic N) is 2. The van der Waals surface area contributed by atoms with E-state index in [1.807, 2.05) is 19.1 Å². The molecule has 0 aliphatic carbocycles. The summed E-state index contributed by atoms with van der Waals surface area (Å²) in [5, 5.41) is 0. The van der Waals surface area contributed by atoms with Crippen molar-refractivity contribution < 1.29 is 4.39 Å². The molecule has 0 amide bonds. The highest BCUT2D eigenvalue weighted by Gasteiger charge is 2.12. The predicted molar refractivity (Wildman–Crippen MR) is 74.8 cm³/mol. The predicted octanol–water partition coefficient (Wildman–Crippen LogP) is 4.07. The highest BCUT2D eigenvalue weighted by atomic mass is 19.1. The first-order valence-electron chi connectivity index (χ1n) is 6.28. The van der Waals surface area contributed by atoms with Crippen molar-refractivity contribution in [2.45, 2.75) is 20.8 Å². The summed E-state index contributed by atoms with van der Waals surface area (Å²) in [6.07, 6.45) is 0. The second-order valence-corrected chi connectivity index (χ2v) is 4.92. The van der Waals surface area contributed by atoms with E-state index in [-0.39, 0.29) is 5.82 Å². The topological polar surface area (TPSA) is 17.3 Å². The van der Waals surface area contributed by atoms with Gasteiger partial charge in [0.25, 0.3) is 0 Å². The highest BCUT2D eigenvalue weighted by molar-refractivity contribution is 5.67. The molecule has 2 nitrogen and oxygen atoms in total. The van der Waals surface area contributed by atoms with Crippen molar-refractivity contribution in [3.05, 3.63) is 59.2 Å². The molecule has 0 saturated carbocycles. The van der Waals surface area contributed by atoms with Gasteiger partial charge < -0.3 is 4.40 Å². The molecule has 2 aromatic heterocycles. The van der Waals surface area contributed by atoms with Crippen molar-refractivity contribution in [3.63, 3.8) is 0 Å². The lowest BCUT2D eigenvalue weighted by atomic mass is 10.1. The number of halogens is 1. The van der Waals surface area contributed by atoms with E-state index in [0.29, 0.717) is 0 Å². The number of fused-ring (bicyclic) bond motifs is 1. The van der Waals surface area contributed by atoms with Crippen molar-refractivity contribution in [3.8, 4) is 11.3 Å². The molecule has 0 spiro atoms. The number of rotatable bonds is 1. The Labute approximate surface area is 111 Å². The molecule has 19 heavy (non-hydrogen) atoms. The number of hydrogen-bond acceptors (Lipinski definition) is 1. The van der Waals surface area contributed by atoms with Crippen LogP contribution in [0.15, 0.2) is 36.4 Å². The Bertz CT molecular complexity index is 772. The Hall–Kier alpha value is -2.16. The molecule has 0 atom stereocenters. The van der Waals surface area contributed by atoms with Gasteiger partial charge in [0, 0.05) is 17.0 Å². The SMILES string of the molecule is Cc1cc(C)n2c(C)c(-c3cccc(F)c3)nc2c1. The summed E-state index contributed by atoms with van der Waals surface area (Å²) in [7, 11) is 0. The van der Waals surface area contributed by atoms with Gasteiger partial charge in [-0.25, -0.2) is 9.37 Å². The molecule has 3 rings (SSSR count). The first-order chi connectivity index (χ1) is 9.06. The van der Waals surface area contributed by atoms with Gasteiger partial charge in [-0.3, -0.25) is 0 Å². The Morgan fingerprint density at radius 1 is 1.05 bits per heavy atom. The van der Waals surface area contributed by atoms with Gasteiger partial charge >= 0.3 is 0 Å². The fraction of sp³-hybridized carbons (Fsp3) is 0.188. The van der Waals surface area contributed by atoms with E-state index in [9.17, 15) is 4.39 Å². The summed E-state index contributed by atoms with van der Waals surface area (Å²) in [4.78, 5) is 4.64. The van der Waals surface area contributed by atoms with Crippen LogP contribution in [0, 0.1) is 26.6 Å². The molecule has 0 N–H and O–H groups in total. The van der Waals surface area contributed by atoms with Gasteiger partial charge in [-0.1, -0.05) is 12.1 Å². The summed E-state index contributed by atoms with van der Waals surface area (Å²) in [5.74, 6) is -0.234. The van der Waals surface area contributed by atoms with Gasteiger partial charge in [0.15, 0.2) is 0 Å². The Morgan fingerprint density at radius 2 is 1.84 bits per heavy atom. The lowest BCUT2D eigenvalue weighted by molar-refractivity contribution is 0.628. The van der Waals surface area contributed by atoms with E-state index < -0.39 is 0 Å². The maximum atomic E-state index is 13.3. The molecular weight excluding hydrogens is 239 g/mol. The summed E-state index contributed by atoms with van der Waals surface area (Å²) >= 11 is 0. The van der Waals surface area contributed by atoms with Gasteiger partial charge in [0.2, 0.25) is 0 Å². The number of benzene rings is 1. The standard InChI is InChI=1S/C16H15FN2/c1-10-7-11(2)19-12(3)16(18-15(19)8-10)13-5-4-6-14(17)9-13/h4-9H,1-3H3. The van der Waals surface area contributed by atoms with Crippen LogP contribution in [0.3, 0.4) is 0 Å². The molecule has 1 aromatic carbocycles. The third-order valence-corrected chi connectivity index (χ3v) is 3.38. The van der Waals surface area contributed by atoms with Crippen LogP contribution in [0.1, 0.15) is 17.0 Å². The minimum Gasteiger partial charge on any atom is -0.301 e. The third kappa shape index (κ3) is 1.91. The Kier molecular flexibility index (Phi) is 2.63. The van der Waals surface area contributed by atoms with Crippen molar-refractivity contribution >= 4 is 5.65 Å². The van der Waals surface area contributed by atoms with Crippen LogP contribution in [0.25, 0.3) is 16.9 Å². The Morgan fingerprint density at radius 3 is 2.58 bits per heavy atom. The lowest BCUT2D eigenvalue weighted by Gasteiger charge is -2.04. The van der Waals surface area contributed by atoms with E-state index in [4.69, 9.17) is 0 Å². The van der Waals surface area contributed by atoms with Crippen molar-refractivity contribution in [2.24, 2.45) is 0 Å². The number of aryl methyl sites for hydroxylation is 3. The molecule has 0 bridgehead atoms. The highest BCUT2D eigenvalue weighted by Crippen LogP contribution is 2.25. The first kappa shape index (κ1) is 11.9. The van der Waals surface area contributed by atoms with Crippen LogP contribution >= 0.6 is 0 Å². The smallest absolute Gasteiger partial charge is 0.138 e. The van der Waals surface area contributed by atoms with E-state index in [0.717, 1.165) is 28.3 Å². The molecule has 0 unspecified atom stereocenters. The third-order valence-electron chi connectivity index (χ3n) is 3.38. The van der Waals surface area contributed by atoms with Crippen LogP contribution in [0.5, 0.6) is 0 Å². The summed E-state index contributed by atoms with van der Waals surface area (Å²) < 4.78 is 15.5. The summed E-state index contributed by atoms with van der Waals surface area (Å²) in [5.41, 5.74) is 5.93. The zero-order valence-corrected chi connectivity index (χ0v) is 11.2. The fourth-order valence-electron chi connectivity index (χ4n) is 2.61. The van der Waals surface area contributed by atoms with Gasteiger partial charge in [-0.2, -0.15) is 0 Å². The molecule has 0 aliphatic heterocycles. The van der Waals surface area contributed by atoms with E-state index in [1.165, 1.54) is 17.7 Å². The van der Waals surface area contributed by atoms with Gasteiger partial charge in [-0.15, -0.1) is 0 Å². The van der Waals surface area contributed by atoms with Crippen LogP contribution in [0.2, 0.25) is 0 Å². The van der Waals surface area contributed by atoms with Crippen molar-refractivity contribution in [1.82, 2.24) is 9.38 Å². The monoisotopic (exact) mass is 254 g/mol. The van der Waals surface area contributed by atoms with Crippen LogP contribution in [0.4, 0.5) is 4.39 Å². The van der Waals surface area contributed by atoms with Gasteiger partial charge in [-0.05, 0) is 50.6 Å². The fourth-order valence-corrected chi connectivity index (χ4v) is 2.61. The van der Waals surface area contributed by atoms with Crippen molar-refractivity contribution in [2.75, 3.05) is 0 Å². The molecule has 96 valence electrons. The van der Waals surface area contributed by atoms with Gasteiger partial charge in [0.05, 0.1) is 5.69 Å². The average molecular weight is 254 g/mol. The minimum atomic E-state index is -0.234. The van der Waals surface area contributed by atoms with Gasteiger partial charge in [0.1, 0.15) is 11.5 Å². The second kappa shape index (κ2) is 4.19. The zero-order chi connectivity index (χ0) is 13.6. The Balaban J connectivity index is 2.31.